The summed E-state index contributed by atoms with van der Waals surface area (Å²) in [5.41, 5.74) is 2.40. The molecule has 2 saturated heterocycles. The topological polar surface area (TPSA) is 112 Å². The number of likely N-dealkylation sites (tertiary alicyclic amines) is 1. The maximum absolute atomic E-state index is 12.6. The van der Waals surface area contributed by atoms with Crippen molar-refractivity contribution < 1.29 is 24.2 Å². The number of hydrogen-bond acceptors (Lipinski definition) is 9. The lowest BCUT2D eigenvalue weighted by atomic mass is 10.0. The Morgan fingerprint density at radius 2 is 1.80 bits per heavy atom. The van der Waals surface area contributed by atoms with Gasteiger partial charge in [-0.3, -0.25) is 4.79 Å². The quantitative estimate of drug-likeness (QED) is 0.405. The molecule has 2 fully saturated rings. The smallest absolute Gasteiger partial charge is 0.410 e. The second kappa shape index (κ2) is 12.5. The molecule has 11 nitrogen and oxygen atoms in total. The normalized spacial score (nSPS) is 18.6. The third-order valence-electron chi connectivity index (χ3n) is 8.64. The largest absolute Gasteiger partial charge is 0.508 e. The lowest BCUT2D eigenvalue weighted by Gasteiger charge is -2.38. The highest BCUT2D eigenvalue weighted by molar-refractivity contribution is 5.95. The van der Waals surface area contributed by atoms with E-state index in [1.807, 2.05) is 45.0 Å². The van der Waals surface area contributed by atoms with Gasteiger partial charge in [-0.25, -0.2) is 4.79 Å². The lowest BCUT2D eigenvalue weighted by molar-refractivity contribution is -0.126. The first-order valence-electron chi connectivity index (χ1n) is 15.7. The monoisotopic (exact) mass is 614 g/mol. The van der Waals surface area contributed by atoms with Gasteiger partial charge in [-0.2, -0.15) is 9.97 Å². The van der Waals surface area contributed by atoms with Crippen LogP contribution in [0.25, 0.3) is 10.8 Å². The fourth-order valence-corrected chi connectivity index (χ4v) is 6.38. The summed E-state index contributed by atoms with van der Waals surface area (Å²) >= 11 is 0. The highest BCUT2D eigenvalue weighted by Crippen LogP contribution is 2.36. The number of aromatic hydroxyl groups is 1. The summed E-state index contributed by atoms with van der Waals surface area (Å²) in [4.78, 5) is 42.7. The number of anilines is 2. The van der Waals surface area contributed by atoms with E-state index in [0.29, 0.717) is 58.4 Å². The van der Waals surface area contributed by atoms with E-state index < -0.39 is 5.60 Å². The van der Waals surface area contributed by atoms with Gasteiger partial charge in [0.25, 0.3) is 0 Å². The van der Waals surface area contributed by atoms with E-state index in [-0.39, 0.29) is 23.7 Å². The molecule has 1 N–H and O–H groups in total. The highest BCUT2D eigenvalue weighted by atomic mass is 16.6. The molecule has 0 bridgehead atoms. The van der Waals surface area contributed by atoms with Crippen LogP contribution in [0, 0.1) is 5.92 Å². The Morgan fingerprint density at radius 1 is 1.02 bits per heavy atom. The van der Waals surface area contributed by atoms with Crippen molar-refractivity contribution in [3.63, 3.8) is 0 Å². The van der Waals surface area contributed by atoms with Gasteiger partial charge in [0.2, 0.25) is 5.91 Å². The predicted octanol–water partition coefficient (Wildman–Crippen LogP) is 4.37. The van der Waals surface area contributed by atoms with Crippen molar-refractivity contribution >= 4 is 34.3 Å². The van der Waals surface area contributed by atoms with Crippen LogP contribution < -0.4 is 14.5 Å². The van der Waals surface area contributed by atoms with Crippen LogP contribution in [0.5, 0.6) is 11.8 Å². The number of phenols is 1. The number of hydrogen-bond donors (Lipinski definition) is 1. The first-order valence-corrected chi connectivity index (χ1v) is 15.7. The van der Waals surface area contributed by atoms with Gasteiger partial charge in [-0.05, 0) is 51.1 Å². The van der Waals surface area contributed by atoms with Crippen LogP contribution in [-0.4, -0.2) is 94.9 Å². The summed E-state index contributed by atoms with van der Waals surface area (Å²) in [6.45, 7) is 14.6. The minimum Gasteiger partial charge on any atom is -0.508 e. The average Bonchev–Trinajstić information content (AvgIpc) is 3.51. The van der Waals surface area contributed by atoms with E-state index in [4.69, 9.17) is 19.4 Å². The number of ether oxygens (including phenoxy) is 2. The molecule has 0 saturated carbocycles. The number of benzene rings is 2. The van der Waals surface area contributed by atoms with E-state index in [1.54, 1.807) is 15.9 Å². The Morgan fingerprint density at radius 3 is 2.56 bits per heavy atom. The molecule has 6 rings (SSSR count). The number of fused-ring (bicyclic) bond motifs is 2. The van der Waals surface area contributed by atoms with E-state index in [1.165, 1.54) is 6.08 Å². The van der Waals surface area contributed by atoms with Crippen molar-refractivity contribution in [2.75, 3.05) is 62.2 Å². The third kappa shape index (κ3) is 6.77. The Labute approximate surface area is 264 Å². The Balaban J connectivity index is 1.24. The van der Waals surface area contributed by atoms with Gasteiger partial charge >= 0.3 is 12.1 Å². The summed E-state index contributed by atoms with van der Waals surface area (Å²) in [5.74, 6) is 1.16. The Hall–Kier alpha value is -4.54. The maximum Gasteiger partial charge on any atom is 0.410 e. The van der Waals surface area contributed by atoms with E-state index in [0.717, 1.165) is 52.9 Å². The standard InChI is InChI=1S/C34H42N6O5/c1-5-30(42)37-14-16-38(17-15-37)31-27-11-13-39(29-19-25(41)18-24-8-6-7-9-26(24)29)21-28(27)35-32(36-31)44-22-23-10-12-40(20-23)33(43)45-34(2,3)4/h5-9,18-19,23,41H,1,10-17,20-22H2,2-4H3/t23-/m1/s1. The number of amides is 2. The molecule has 0 aliphatic carbocycles. The number of rotatable bonds is 6. The summed E-state index contributed by atoms with van der Waals surface area (Å²) in [7, 11) is 0. The van der Waals surface area contributed by atoms with Gasteiger partial charge in [-0.1, -0.05) is 30.8 Å². The van der Waals surface area contributed by atoms with E-state index in [9.17, 15) is 14.7 Å². The van der Waals surface area contributed by atoms with Gasteiger partial charge < -0.3 is 34.2 Å². The molecule has 238 valence electrons. The molecule has 2 amide bonds. The van der Waals surface area contributed by atoms with Crippen LogP contribution >= 0.6 is 0 Å². The number of carbonyl (C=O) groups excluding carboxylic acids is 2. The number of phenolic OH excluding ortho intramolecular Hbond substituents is 1. The van der Waals surface area contributed by atoms with Crippen LogP contribution in [0.1, 0.15) is 38.4 Å². The average molecular weight is 615 g/mol. The second-order valence-corrected chi connectivity index (χ2v) is 13.0. The molecule has 0 radical (unpaired) electrons. The van der Waals surface area contributed by atoms with Crippen molar-refractivity contribution in [3.8, 4) is 11.8 Å². The fourth-order valence-electron chi connectivity index (χ4n) is 6.38. The van der Waals surface area contributed by atoms with Crippen molar-refractivity contribution in [2.24, 2.45) is 5.92 Å². The summed E-state index contributed by atoms with van der Waals surface area (Å²) in [5, 5.41) is 12.6. The minimum absolute atomic E-state index is 0.0608. The van der Waals surface area contributed by atoms with Crippen LogP contribution in [0.4, 0.5) is 16.3 Å². The van der Waals surface area contributed by atoms with Gasteiger partial charge in [0, 0.05) is 74.4 Å². The molecule has 3 aliphatic heterocycles. The summed E-state index contributed by atoms with van der Waals surface area (Å²) in [6.07, 6.45) is 2.61. The molecule has 11 heteroatoms. The van der Waals surface area contributed by atoms with Gasteiger partial charge in [-0.15, -0.1) is 0 Å². The first-order chi connectivity index (χ1) is 21.6. The highest BCUT2D eigenvalue weighted by Gasteiger charge is 2.32. The van der Waals surface area contributed by atoms with Gasteiger partial charge in [0.1, 0.15) is 17.2 Å². The number of piperazine rings is 1. The van der Waals surface area contributed by atoms with E-state index in [2.05, 4.69) is 22.4 Å². The molecule has 4 heterocycles. The van der Waals surface area contributed by atoms with Gasteiger partial charge in [0.05, 0.1) is 18.8 Å². The molecule has 2 aromatic carbocycles. The number of nitrogens with zero attached hydrogens (tertiary/aromatic N) is 6. The Bertz CT molecular complexity index is 1600. The molecule has 0 spiro atoms. The van der Waals surface area contributed by atoms with Crippen molar-refractivity contribution in [2.45, 2.75) is 45.8 Å². The second-order valence-electron chi connectivity index (χ2n) is 13.0. The number of aromatic nitrogens is 2. The summed E-state index contributed by atoms with van der Waals surface area (Å²) in [6, 6.07) is 12.0. The van der Waals surface area contributed by atoms with Crippen molar-refractivity contribution in [1.29, 1.82) is 0 Å². The molecular formula is C34H42N6O5. The van der Waals surface area contributed by atoms with Crippen LogP contribution in [-0.2, 0) is 22.5 Å². The lowest BCUT2D eigenvalue weighted by Crippen LogP contribution is -2.49. The van der Waals surface area contributed by atoms with Crippen LogP contribution in [0.3, 0.4) is 0 Å². The molecule has 45 heavy (non-hydrogen) atoms. The number of carbonyl (C=O) groups is 2. The van der Waals surface area contributed by atoms with E-state index >= 15 is 0 Å². The van der Waals surface area contributed by atoms with Gasteiger partial charge in [0.15, 0.2) is 0 Å². The molecule has 1 atom stereocenters. The molecule has 3 aliphatic rings. The maximum atomic E-state index is 12.6. The van der Waals surface area contributed by atoms with Crippen LogP contribution in [0.15, 0.2) is 49.1 Å². The fraction of sp³-hybridized carbons (Fsp3) is 0.471. The Kier molecular flexibility index (Phi) is 8.44. The summed E-state index contributed by atoms with van der Waals surface area (Å²) < 4.78 is 11.8. The third-order valence-corrected chi connectivity index (χ3v) is 8.64. The van der Waals surface area contributed by atoms with Crippen LogP contribution in [0.2, 0.25) is 0 Å². The minimum atomic E-state index is -0.540. The zero-order valence-corrected chi connectivity index (χ0v) is 26.4. The predicted molar refractivity (Wildman–Crippen MR) is 173 cm³/mol. The zero-order valence-electron chi connectivity index (χ0n) is 26.4. The zero-order chi connectivity index (χ0) is 31.7. The SMILES string of the molecule is C=CC(=O)N1CCN(c2nc(OC[C@@H]3CCN(C(=O)OC(C)(C)C)C3)nc3c2CCN(c2cc(O)cc4ccccc24)C3)CC1. The first kappa shape index (κ1) is 30.5. The van der Waals surface area contributed by atoms with Crippen molar-refractivity contribution in [3.05, 3.63) is 60.3 Å². The van der Waals surface area contributed by atoms with Crippen molar-refractivity contribution in [1.82, 2.24) is 19.8 Å². The molecule has 1 aromatic heterocycles. The molecular weight excluding hydrogens is 572 g/mol. The molecule has 3 aromatic rings. The molecule has 0 unspecified atom stereocenters.